The highest BCUT2D eigenvalue weighted by atomic mass is 16.5. The van der Waals surface area contributed by atoms with Gasteiger partial charge in [0.1, 0.15) is 6.61 Å². The number of hydrogen-bond donors (Lipinski definition) is 1. The highest BCUT2D eigenvalue weighted by Crippen LogP contribution is 2.05. The molecule has 0 amide bonds. The number of carbonyl (C=O) groups excluding carboxylic acids is 1. The fraction of sp³-hybridized carbons (Fsp3) is 0.235. The smallest absolute Gasteiger partial charge is 0.338 e. The molecular formula is C17H19NO2. The monoisotopic (exact) mass is 269 g/mol. The van der Waals surface area contributed by atoms with E-state index in [1.165, 1.54) is 11.1 Å². The molecule has 2 aromatic rings. The highest BCUT2D eigenvalue weighted by molar-refractivity contribution is 5.89. The number of nitrogens with one attached hydrogen (secondary N) is 1. The van der Waals surface area contributed by atoms with Crippen molar-refractivity contribution in [3.63, 3.8) is 0 Å². The van der Waals surface area contributed by atoms with E-state index >= 15 is 0 Å². The molecule has 0 radical (unpaired) electrons. The Morgan fingerprint density at radius 2 is 1.75 bits per heavy atom. The zero-order chi connectivity index (χ0) is 14.2. The number of aryl methyl sites for hydroxylation is 1. The Balaban J connectivity index is 1.67. The third-order valence-corrected chi connectivity index (χ3v) is 3.10. The van der Waals surface area contributed by atoms with Crippen LogP contribution in [-0.4, -0.2) is 19.1 Å². The average Bonchev–Trinajstić information content (AvgIpc) is 2.49. The van der Waals surface area contributed by atoms with Crippen LogP contribution < -0.4 is 5.32 Å². The van der Waals surface area contributed by atoms with Gasteiger partial charge in [0.25, 0.3) is 0 Å². The number of hydrogen-bond acceptors (Lipinski definition) is 3. The van der Waals surface area contributed by atoms with Gasteiger partial charge in [-0.25, -0.2) is 4.79 Å². The van der Waals surface area contributed by atoms with Gasteiger partial charge in [0.15, 0.2) is 0 Å². The third kappa shape index (κ3) is 4.21. The fourth-order valence-corrected chi connectivity index (χ4v) is 1.90. The first kappa shape index (κ1) is 14.3. The van der Waals surface area contributed by atoms with Gasteiger partial charge in [0.05, 0.1) is 5.56 Å². The quantitative estimate of drug-likeness (QED) is 0.647. The summed E-state index contributed by atoms with van der Waals surface area (Å²) in [5.74, 6) is -0.275. The minimum atomic E-state index is -0.275. The van der Waals surface area contributed by atoms with Crippen molar-refractivity contribution in [3.8, 4) is 0 Å². The lowest BCUT2D eigenvalue weighted by atomic mass is 10.1. The van der Waals surface area contributed by atoms with Crippen LogP contribution in [0, 0.1) is 6.92 Å². The molecule has 3 heteroatoms. The van der Waals surface area contributed by atoms with Gasteiger partial charge in [-0.15, -0.1) is 0 Å². The van der Waals surface area contributed by atoms with Gasteiger partial charge >= 0.3 is 5.97 Å². The van der Waals surface area contributed by atoms with E-state index in [4.69, 9.17) is 4.74 Å². The van der Waals surface area contributed by atoms with Crippen molar-refractivity contribution in [1.29, 1.82) is 0 Å². The van der Waals surface area contributed by atoms with Crippen LogP contribution in [0.25, 0.3) is 0 Å². The number of benzene rings is 2. The molecule has 0 aliphatic carbocycles. The van der Waals surface area contributed by atoms with Gasteiger partial charge in [-0.1, -0.05) is 42.5 Å². The second-order valence-corrected chi connectivity index (χ2v) is 4.61. The van der Waals surface area contributed by atoms with Gasteiger partial charge in [-0.3, -0.25) is 0 Å². The molecule has 0 atom stereocenters. The molecule has 20 heavy (non-hydrogen) atoms. The Morgan fingerprint density at radius 1 is 1.05 bits per heavy atom. The summed E-state index contributed by atoms with van der Waals surface area (Å²) >= 11 is 0. The van der Waals surface area contributed by atoms with Gasteiger partial charge in [0, 0.05) is 13.1 Å². The van der Waals surface area contributed by atoms with Crippen LogP contribution in [0.1, 0.15) is 21.5 Å². The maximum atomic E-state index is 11.7. The molecule has 1 N–H and O–H groups in total. The molecular weight excluding hydrogens is 250 g/mol. The lowest BCUT2D eigenvalue weighted by molar-refractivity contribution is 0.0508. The van der Waals surface area contributed by atoms with Crippen molar-refractivity contribution >= 4 is 5.97 Å². The number of ether oxygens (including phenoxy) is 1. The molecule has 3 nitrogen and oxygen atoms in total. The van der Waals surface area contributed by atoms with Gasteiger partial charge in [0.2, 0.25) is 0 Å². The number of carbonyl (C=O) groups is 1. The molecule has 2 rings (SSSR count). The van der Waals surface area contributed by atoms with Crippen LogP contribution in [0.3, 0.4) is 0 Å². The number of esters is 1. The van der Waals surface area contributed by atoms with E-state index in [-0.39, 0.29) is 5.97 Å². The van der Waals surface area contributed by atoms with Gasteiger partial charge < -0.3 is 10.1 Å². The SMILES string of the molecule is Cc1ccccc1CNCCOC(=O)c1ccccc1. The summed E-state index contributed by atoms with van der Waals surface area (Å²) in [6.45, 7) is 3.90. The fourth-order valence-electron chi connectivity index (χ4n) is 1.90. The molecule has 104 valence electrons. The minimum Gasteiger partial charge on any atom is -0.461 e. The van der Waals surface area contributed by atoms with E-state index in [1.807, 2.05) is 30.3 Å². The zero-order valence-electron chi connectivity index (χ0n) is 11.6. The molecule has 0 aliphatic heterocycles. The van der Waals surface area contributed by atoms with E-state index in [0.29, 0.717) is 18.7 Å². The molecule has 0 aliphatic rings. The van der Waals surface area contributed by atoms with Gasteiger partial charge in [-0.2, -0.15) is 0 Å². The number of rotatable bonds is 6. The van der Waals surface area contributed by atoms with Crippen LogP contribution >= 0.6 is 0 Å². The van der Waals surface area contributed by atoms with E-state index in [1.54, 1.807) is 12.1 Å². The molecule has 0 fully saturated rings. The molecule has 2 aromatic carbocycles. The Labute approximate surface area is 119 Å². The second-order valence-electron chi connectivity index (χ2n) is 4.61. The predicted octanol–water partition coefficient (Wildman–Crippen LogP) is 2.94. The molecule has 0 aromatic heterocycles. The largest absolute Gasteiger partial charge is 0.461 e. The van der Waals surface area contributed by atoms with Gasteiger partial charge in [-0.05, 0) is 30.2 Å². The topological polar surface area (TPSA) is 38.3 Å². The first-order valence-corrected chi connectivity index (χ1v) is 6.75. The van der Waals surface area contributed by atoms with E-state index in [0.717, 1.165) is 6.54 Å². The molecule has 0 bridgehead atoms. The summed E-state index contributed by atoms with van der Waals surface area (Å²) in [6, 6.07) is 17.3. The Hall–Kier alpha value is -2.13. The normalized spacial score (nSPS) is 10.2. The summed E-state index contributed by atoms with van der Waals surface area (Å²) in [7, 11) is 0. The summed E-state index contributed by atoms with van der Waals surface area (Å²) < 4.78 is 5.19. The van der Waals surface area contributed by atoms with Crippen molar-refractivity contribution < 1.29 is 9.53 Å². The lowest BCUT2D eigenvalue weighted by Gasteiger charge is -2.08. The molecule has 0 saturated carbocycles. The molecule has 0 spiro atoms. The van der Waals surface area contributed by atoms with Crippen LogP contribution in [0.5, 0.6) is 0 Å². The zero-order valence-corrected chi connectivity index (χ0v) is 11.6. The van der Waals surface area contributed by atoms with Crippen molar-refractivity contribution in [2.24, 2.45) is 0 Å². The average molecular weight is 269 g/mol. The van der Waals surface area contributed by atoms with E-state index < -0.39 is 0 Å². The van der Waals surface area contributed by atoms with Crippen LogP contribution in [-0.2, 0) is 11.3 Å². The first-order chi connectivity index (χ1) is 9.77. The Bertz CT molecular complexity index is 552. The highest BCUT2D eigenvalue weighted by Gasteiger charge is 2.04. The van der Waals surface area contributed by atoms with Crippen molar-refractivity contribution in [3.05, 3.63) is 71.3 Å². The van der Waals surface area contributed by atoms with Crippen molar-refractivity contribution in [2.45, 2.75) is 13.5 Å². The summed E-state index contributed by atoms with van der Waals surface area (Å²) in [4.78, 5) is 11.7. The summed E-state index contributed by atoms with van der Waals surface area (Å²) in [5, 5.41) is 3.27. The Morgan fingerprint density at radius 3 is 2.50 bits per heavy atom. The second kappa shape index (κ2) is 7.46. The first-order valence-electron chi connectivity index (χ1n) is 6.75. The molecule has 0 heterocycles. The predicted molar refractivity (Wildman–Crippen MR) is 79.6 cm³/mol. The Kier molecular flexibility index (Phi) is 5.33. The molecule has 0 unspecified atom stereocenters. The van der Waals surface area contributed by atoms with E-state index in [9.17, 15) is 4.79 Å². The van der Waals surface area contributed by atoms with Crippen molar-refractivity contribution in [2.75, 3.05) is 13.2 Å². The third-order valence-electron chi connectivity index (χ3n) is 3.10. The lowest BCUT2D eigenvalue weighted by Crippen LogP contribution is -2.21. The molecule has 0 saturated heterocycles. The minimum absolute atomic E-state index is 0.275. The summed E-state index contributed by atoms with van der Waals surface area (Å²) in [6.07, 6.45) is 0. The standard InChI is InChI=1S/C17H19NO2/c1-14-7-5-6-10-16(14)13-18-11-12-20-17(19)15-8-3-2-4-9-15/h2-10,18H,11-13H2,1H3. The van der Waals surface area contributed by atoms with Crippen LogP contribution in [0.4, 0.5) is 0 Å². The van der Waals surface area contributed by atoms with E-state index in [2.05, 4.69) is 24.4 Å². The maximum absolute atomic E-state index is 11.7. The van der Waals surface area contributed by atoms with Crippen LogP contribution in [0.15, 0.2) is 54.6 Å². The van der Waals surface area contributed by atoms with Crippen molar-refractivity contribution in [1.82, 2.24) is 5.32 Å². The van der Waals surface area contributed by atoms with Crippen LogP contribution in [0.2, 0.25) is 0 Å². The summed E-state index contributed by atoms with van der Waals surface area (Å²) in [5.41, 5.74) is 3.12. The maximum Gasteiger partial charge on any atom is 0.338 e.